The summed E-state index contributed by atoms with van der Waals surface area (Å²) in [6, 6.07) is 2.74. The van der Waals surface area contributed by atoms with Crippen molar-refractivity contribution in [1.82, 2.24) is 0 Å². The lowest BCUT2D eigenvalue weighted by molar-refractivity contribution is 0.0623. The minimum Gasteiger partial charge on any atom is -0.486 e. The highest BCUT2D eigenvalue weighted by Crippen LogP contribution is 2.35. The molecule has 5 nitrogen and oxygen atoms in total. The van der Waals surface area contributed by atoms with Crippen LogP contribution in [0.4, 0.5) is 0 Å². The van der Waals surface area contributed by atoms with Crippen molar-refractivity contribution in [3.05, 3.63) is 27.7 Å². The summed E-state index contributed by atoms with van der Waals surface area (Å²) in [5, 5.41) is 18.5. The summed E-state index contributed by atoms with van der Waals surface area (Å²) in [5.41, 5.74) is -1.20. The molecule has 0 unspecified atom stereocenters. The second-order valence-corrected chi connectivity index (χ2v) is 6.23. The van der Waals surface area contributed by atoms with Crippen molar-refractivity contribution in [1.29, 1.82) is 0 Å². The highest BCUT2D eigenvalue weighted by molar-refractivity contribution is 9.10. The van der Waals surface area contributed by atoms with Gasteiger partial charge in [0.1, 0.15) is 16.9 Å². The zero-order valence-corrected chi connectivity index (χ0v) is 13.9. The molecule has 21 heavy (non-hydrogen) atoms. The molecule has 1 aromatic carbocycles. The highest BCUT2D eigenvalue weighted by Gasteiger charge is 2.28. The zero-order chi connectivity index (χ0) is 16.2. The first-order valence-electron chi connectivity index (χ1n) is 6.67. The third-order valence-electron chi connectivity index (χ3n) is 3.06. The summed E-state index contributed by atoms with van der Waals surface area (Å²) in [5.74, 6) is -2.56. The topological polar surface area (TPSA) is 83.8 Å². The lowest BCUT2D eigenvalue weighted by Gasteiger charge is -2.28. The molecule has 1 rings (SSSR count). The van der Waals surface area contributed by atoms with Crippen LogP contribution in [0.15, 0.2) is 16.6 Å². The van der Waals surface area contributed by atoms with E-state index in [4.69, 9.17) is 9.84 Å². The van der Waals surface area contributed by atoms with Gasteiger partial charge in [-0.05, 0) is 54.8 Å². The second kappa shape index (κ2) is 6.93. The van der Waals surface area contributed by atoms with Crippen LogP contribution >= 0.6 is 15.9 Å². The number of carboxylic acids is 2. The van der Waals surface area contributed by atoms with Crippen LogP contribution in [-0.4, -0.2) is 27.8 Å². The van der Waals surface area contributed by atoms with Crippen molar-refractivity contribution >= 4 is 27.9 Å². The second-order valence-electron chi connectivity index (χ2n) is 5.37. The van der Waals surface area contributed by atoms with Crippen molar-refractivity contribution < 1.29 is 24.5 Å². The number of benzene rings is 1. The summed E-state index contributed by atoms with van der Waals surface area (Å²) >= 11 is 3.24. The Morgan fingerprint density at radius 2 is 1.86 bits per heavy atom. The Morgan fingerprint density at radius 3 is 2.33 bits per heavy atom. The molecule has 0 atom stereocenters. The Kier molecular flexibility index (Phi) is 5.78. The number of hydrogen-bond acceptors (Lipinski definition) is 3. The Balaban J connectivity index is 3.31. The fraction of sp³-hybridized carbons (Fsp3) is 0.467. The van der Waals surface area contributed by atoms with Crippen LogP contribution in [0.5, 0.6) is 5.75 Å². The first kappa shape index (κ1) is 17.5. The maximum Gasteiger partial charge on any atom is 0.340 e. The standard InChI is InChI=1S/C15H19BrO5/c1-4-5-8-15(2,3)21-12-10(16)7-6-9(13(17)18)11(12)14(19)20/h6-7H,4-5,8H2,1-3H3,(H,17,18)(H,19,20). The number of ether oxygens (including phenoxy) is 1. The van der Waals surface area contributed by atoms with Gasteiger partial charge in [-0.25, -0.2) is 9.59 Å². The van der Waals surface area contributed by atoms with E-state index in [1.54, 1.807) is 0 Å². The van der Waals surface area contributed by atoms with Crippen molar-refractivity contribution in [3.8, 4) is 5.75 Å². The molecule has 0 spiro atoms. The molecule has 0 aliphatic heterocycles. The molecule has 2 N–H and O–H groups in total. The number of carbonyl (C=O) groups is 2. The molecule has 0 heterocycles. The average molecular weight is 359 g/mol. The summed E-state index contributed by atoms with van der Waals surface area (Å²) in [4.78, 5) is 22.6. The molecule has 6 heteroatoms. The lowest BCUT2D eigenvalue weighted by Crippen LogP contribution is -2.29. The smallest absolute Gasteiger partial charge is 0.340 e. The minimum atomic E-state index is -1.32. The Morgan fingerprint density at radius 1 is 1.24 bits per heavy atom. The lowest BCUT2D eigenvalue weighted by atomic mass is 10.0. The predicted molar refractivity (Wildman–Crippen MR) is 82.3 cm³/mol. The fourth-order valence-electron chi connectivity index (χ4n) is 1.98. The number of unbranched alkanes of at least 4 members (excludes halogenated alkanes) is 1. The molecule has 1 aromatic rings. The van der Waals surface area contributed by atoms with Crippen molar-refractivity contribution in [2.45, 2.75) is 45.6 Å². The van der Waals surface area contributed by atoms with Crippen molar-refractivity contribution in [2.24, 2.45) is 0 Å². The van der Waals surface area contributed by atoms with Gasteiger partial charge in [0, 0.05) is 0 Å². The Labute approximate surface area is 132 Å². The molecule has 0 fully saturated rings. The van der Waals surface area contributed by atoms with E-state index in [1.807, 2.05) is 13.8 Å². The summed E-state index contributed by atoms with van der Waals surface area (Å²) in [6.45, 7) is 5.77. The quantitative estimate of drug-likeness (QED) is 0.763. The normalized spacial score (nSPS) is 11.2. The van der Waals surface area contributed by atoms with Gasteiger partial charge in [-0.1, -0.05) is 13.3 Å². The van der Waals surface area contributed by atoms with Gasteiger partial charge in [0.05, 0.1) is 10.0 Å². The number of hydrogen-bond donors (Lipinski definition) is 2. The molecular formula is C15H19BrO5. The van der Waals surface area contributed by atoms with Gasteiger partial charge in [0.25, 0.3) is 0 Å². The third-order valence-corrected chi connectivity index (χ3v) is 3.69. The SMILES string of the molecule is CCCCC(C)(C)Oc1c(Br)ccc(C(=O)O)c1C(=O)O. The van der Waals surface area contributed by atoms with Crippen molar-refractivity contribution in [3.63, 3.8) is 0 Å². The van der Waals surface area contributed by atoms with Gasteiger partial charge in [0.15, 0.2) is 0 Å². The van der Waals surface area contributed by atoms with Crippen LogP contribution in [-0.2, 0) is 0 Å². The largest absolute Gasteiger partial charge is 0.486 e. The minimum absolute atomic E-state index is 0.0588. The van der Waals surface area contributed by atoms with Crippen LogP contribution in [0.25, 0.3) is 0 Å². The molecule has 0 aromatic heterocycles. The van der Waals surface area contributed by atoms with E-state index >= 15 is 0 Å². The van der Waals surface area contributed by atoms with E-state index in [2.05, 4.69) is 22.9 Å². The van der Waals surface area contributed by atoms with E-state index in [-0.39, 0.29) is 16.9 Å². The molecule has 0 aliphatic carbocycles. The van der Waals surface area contributed by atoms with Gasteiger partial charge < -0.3 is 14.9 Å². The zero-order valence-electron chi connectivity index (χ0n) is 12.3. The van der Waals surface area contributed by atoms with E-state index < -0.39 is 17.5 Å². The third kappa shape index (κ3) is 4.46. The van der Waals surface area contributed by atoms with Crippen LogP contribution in [0.1, 0.15) is 60.7 Å². The van der Waals surface area contributed by atoms with E-state index in [0.717, 1.165) is 19.3 Å². The number of halogens is 1. The molecule has 0 saturated carbocycles. The van der Waals surface area contributed by atoms with Crippen LogP contribution in [0.2, 0.25) is 0 Å². The average Bonchev–Trinajstić information content (AvgIpc) is 2.37. The van der Waals surface area contributed by atoms with Crippen molar-refractivity contribution in [2.75, 3.05) is 0 Å². The first-order valence-corrected chi connectivity index (χ1v) is 7.47. The molecule has 0 radical (unpaired) electrons. The van der Waals surface area contributed by atoms with Gasteiger partial charge in [-0.15, -0.1) is 0 Å². The first-order chi connectivity index (χ1) is 9.69. The van der Waals surface area contributed by atoms with E-state index in [1.165, 1.54) is 12.1 Å². The molecule has 0 saturated heterocycles. The Hall–Kier alpha value is -1.56. The molecule has 0 bridgehead atoms. The number of carboxylic acid groups (broad SMARTS) is 2. The van der Waals surface area contributed by atoms with Gasteiger partial charge in [-0.3, -0.25) is 0 Å². The van der Waals surface area contributed by atoms with E-state index in [9.17, 15) is 14.7 Å². The monoisotopic (exact) mass is 358 g/mol. The maximum atomic E-state index is 11.4. The number of rotatable bonds is 7. The van der Waals surface area contributed by atoms with E-state index in [0.29, 0.717) is 4.47 Å². The summed E-state index contributed by atoms with van der Waals surface area (Å²) < 4.78 is 6.25. The fourth-order valence-corrected chi connectivity index (χ4v) is 2.39. The van der Waals surface area contributed by atoms with Gasteiger partial charge in [-0.2, -0.15) is 0 Å². The summed E-state index contributed by atoms with van der Waals surface area (Å²) in [7, 11) is 0. The van der Waals surface area contributed by atoms with Gasteiger partial charge >= 0.3 is 11.9 Å². The summed E-state index contributed by atoms with van der Waals surface area (Å²) in [6.07, 6.45) is 2.67. The molecule has 0 amide bonds. The van der Waals surface area contributed by atoms with Crippen LogP contribution in [0, 0.1) is 0 Å². The molecular weight excluding hydrogens is 340 g/mol. The van der Waals surface area contributed by atoms with Crippen LogP contribution < -0.4 is 4.74 Å². The van der Waals surface area contributed by atoms with Crippen LogP contribution in [0.3, 0.4) is 0 Å². The molecule has 0 aliphatic rings. The Bertz CT molecular complexity index is 551. The predicted octanol–water partition coefficient (Wildman–Crippen LogP) is 4.19. The molecule has 116 valence electrons. The highest BCUT2D eigenvalue weighted by atomic mass is 79.9. The maximum absolute atomic E-state index is 11.4. The number of aromatic carboxylic acids is 2. The van der Waals surface area contributed by atoms with Gasteiger partial charge in [0.2, 0.25) is 0 Å².